The van der Waals surface area contributed by atoms with Gasteiger partial charge in [-0.15, -0.1) is 18.2 Å². The molecule has 6 rings (SSSR count). The molecular weight excluding hydrogens is 777 g/mol. The zero-order chi connectivity index (χ0) is 30.6. The maximum atomic E-state index is 6.09. The first-order valence-corrected chi connectivity index (χ1v) is 22.7. The summed E-state index contributed by atoms with van der Waals surface area (Å²) in [6.45, 7) is 9.03. The molecular formula is C39H42GeIrN2O-2. The van der Waals surface area contributed by atoms with E-state index in [1.807, 2.05) is 48.7 Å². The molecule has 3 aromatic carbocycles. The Balaban J connectivity index is 0.000000199. The number of para-hydroxylation sites is 1. The number of furan rings is 1. The third kappa shape index (κ3) is 8.15. The molecule has 6 aromatic rings. The van der Waals surface area contributed by atoms with Crippen LogP contribution < -0.4 is 4.40 Å². The van der Waals surface area contributed by atoms with Gasteiger partial charge in [0.15, 0.2) is 0 Å². The first-order chi connectivity index (χ1) is 20.6. The zero-order valence-electron chi connectivity index (χ0n) is 26.9. The van der Waals surface area contributed by atoms with Gasteiger partial charge in [0.1, 0.15) is 5.58 Å². The van der Waals surface area contributed by atoms with Crippen LogP contribution in [0.5, 0.6) is 0 Å². The van der Waals surface area contributed by atoms with Gasteiger partial charge in [-0.1, -0.05) is 54.6 Å². The van der Waals surface area contributed by atoms with Crippen molar-refractivity contribution < 1.29 is 24.5 Å². The van der Waals surface area contributed by atoms with Crippen LogP contribution >= 0.6 is 0 Å². The predicted molar refractivity (Wildman–Crippen MR) is 184 cm³/mol. The Bertz CT molecular complexity index is 1820. The van der Waals surface area contributed by atoms with Gasteiger partial charge in [0.05, 0.1) is 5.58 Å². The van der Waals surface area contributed by atoms with E-state index in [2.05, 4.69) is 105 Å². The molecule has 0 N–H and O–H groups in total. The van der Waals surface area contributed by atoms with Crippen molar-refractivity contribution in [3.05, 3.63) is 115 Å². The van der Waals surface area contributed by atoms with Crippen LogP contribution in [0.25, 0.3) is 44.5 Å². The summed E-state index contributed by atoms with van der Waals surface area (Å²) in [6, 6.07) is 33.3. The van der Waals surface area contributed by atoms with E-state index < -0.39 is 13.3 Å². The van der Waals surface area contributed by atoms with E-state index in [-0.39, 0.29) is 20.1 Å². The third-order valence-corrected chi connectivity index (χ3v) is 11.8. The number of nitrogens with zero attached hydrogens (tertiary/aromatic N) is 2. The van der Waals surface area contributed by atoms with Gasteiger partial charge in [0.25, 0.3) is 0 Å². The van der Waals surface area contributed by atoms with E-state index in [4.69, 9.17) is 9.40 Å². The van der Waals surface area contributed by atoms with Crippen LogP contribution in [0.4, 0.5) is 0 Å². The molecule has 1 radical (unpaired) electrons. The molecule has 0 saturated heterocycles. The molecule has 0 aliphatic rings. The Morgan fingerprint density at radius 3 is 2.20 bits per heavy atom. The Kier molecular flexibility index (Phi) is 11.4. The Hall–Kier alpha value is -3.05. The van der Waals surface area contributed by atoms with E-state index >= 15 is 0 Å². The number of aromatic nitrogens is 2. The minimum atomic E-state index is -1.86. The molecule has 0 aliphatic heterocycles. The first-order valence-electron chi connectivity index (χ1n) is 15.3. The van der Waals surface area contributed by atoms with Crippen LogP contribution in [0.3, 0.4) is 0 Å². The van der Waals surface area contributed by atoms with Gasteiger partial charge < -0.3 is 9.40 Å². The second-order valence-corrected chi connectivity index (χ2v) is 23.8. The fourth-order valence-electron chi connectivity index (χ4n) is 5.57. The Labute approximate surface area is 279 Å². The first kappa shape index (κ1) is 33.8. The molecule has 0 aliphatic carbocycles. The minimum Gasteiger partial charge on any atom is -0.501 e. The topological polar surface area (TPSA) is 38.9 Å². The van der Waals surface area contributed by atoms with Crippen molar-refractivity contribution in [3.8, 4) is 22.5 Å². The van der Waals surface area contributed by atoms with E-state index in [9.17, 15) is 0 Å². The van der Waals surface area contributed by atoms with Crippen LogP contribution in [0.2, 0.25) is 17.3 Å². The summed E-state index contributed by atoms with van der Waals surface area (Å²) in [5.41, 5.74) is 8.56. The molecule has 0 unspecified atom stereocenters. The van der Waals surface area contributed by atoms with Crippen molar-refractivity contribution in [1.82, 2.24) is 9.97 Å². The summed E-state index contributed by atoms with van der Waals surface area (Å²) < 4.78 is 7.63. The van der Waals surface area contributed by atoms with E-state index in [1.165, 1.54) is 11.1 Å². The molecule has 44 heavy (non-hydrogen) atoms. The largest absolute Gasteiger partial charge is 0.501 e. The summed E-state index contributed by atoms with van der Waals surface area (Å²) in [4.78, 5) is 9.24. The van der Waals surface area contributed by atoms with Gasteiger partial charge in [-0.3, -0.25) is 0 Å². The SMILES string of the molecule is CC(C)Cc1cc(-c2[c-]cccc2)nc[c]1[Ge]([CH3])([CH3])[CH3].CC(C)Cc1ccnc(-c2[c-]ccc3c2oc2ccccc23)c1.[Ir]. The van der Waals surface area contributed by atoms with Crippen LogP contribution in [0.1, 0.15) is 38.8 Å². The summed E-state index contributed by atoms with van der Waals surface area (Å²) in [6.07, 6.45) is 6.20. The van der Waals surface area contributed by atoms with Crippen molar-refractivity contribution in [2.75, 3.05) is 0 Å². The van der Waals surface area contributed by atoms with Crippen molar-refractivity contribution in [2.45, 2.75) is 57.8 Å². The van der Waals surface area contributed by atoms with Crippen molar-refractivity contribution in [2.24, 2.45) is 11.8 Å². The van der Waals surface area contributed by atoms with Crippen molar-refractivity contribution in [1.29, 1.82) is 0 Å². The number of rotatable bonds is 7. The van der Waals surface area contributed by atoms with E-state index in [0.29, 0.717) is 11.8 Å². The second-order valence-electron chi connectivity index (χ2n) is 13.2. The van der Waals surface area contributed by atoms with Crippen LogP contribution in [-0.2, 0) is 32.9 Å². The van der Waals surface area contributed by atoms with Gasteiger partial charge in [0, 0.05) is 31.7 Å². The maximum absolute atomic E-state index is 6.09. The average molecular weight is 820 g/mol. The maximum Gasteiger partial charge on any atom is 0.120 e. The molecule has 0 spiro atoms. The number of benzene rings is 3. The predicted octanol–water partition coefficient (Wildman–Crippen LogP) is 9.94. The molecule has 3 heterocycles. The molecule has 3 nitrogen and oxygen atoms in total. The normalized spacial score (nSPS) is 11.5. The summed E-state index contributed by atoms with van der Waals surface area (Å²) in [7, 11) is 0. The molecule has 229 valence electrons. The fourth-order valence-corrected chi connectivity index (χ4v) is 8.91. The third-order valence-electron chi connectivity index (χ3n) is 7.47. The smallest absolute Gasteiger partial charge is 0.120 e. The number of fused-ring (bicyclic) bond motifs is 3. The average Bonchev–Trinajstić information content (AvgIpc) is 3.36. The van der Waals surface area contributed by atoms with Gasteiger partial charge in [-0.05, 0) is 30.2 Å². The summed E-state index contributed by atoms with van der Waals surface area (Å²) in [5, 5.41) is 2.25. The molecule has 0 amide bonds. The monoisotopic (exact) mass is 821 g/mol. The second kappa shape index (κ2) is 14.8. The number of hydrogen-bond acceptors (Lipinski definition) is 3. The molecule has 0 bridgehead atoms. The quantitative estimate of drug-likeness (QED) is 0.119. The minimum absolute atomic E-state index is 0. The fraction of sp³-hybridized carbons (Fsp3) is 0.282. The Morgan fingerprint density at radius 1 is 0.750 bits per heavy atom. The molecule has 5 heteroatoms. The molecule has 0 atom stereocenters. The van der Waals surface area contributed by atoms with Crippen LogP contribution in [0.15, 0.2) is 95.7 Å². The van der Waals surface area contributed by atoms with Gasteiger partial charge in [-0.2, -0.15) is 0 Å². The van der Waals surface area contributed by atoms with E-state index in [1.54, 1.807) is 4.40 Å². The van der Waals surface area contributed by atoms with Crippen molar-refractivity contribution >= 4 is 39.6 Å². The number of pyridine rings is 2. The standard InChI is InChI=1S/C21H18NO.C18H24GeN.Ir/c1-14(2)12-15-10-11-22-19(13-15)18-8-5-7-17-16-6-3-4-9-20(16)23-21(17)18;1-14(2)11-16-12-18(15-9-7-6-8-10-15)20-13-17(16)19(3,4)5;/h3-7,9-11,13-14H,12H2,1-2H3;6-9,12-14H,11H2,1-5H3;/q2*-1;. The van der Waals surface area contributed by atoms with Gasteiger partial charge in [0.2, 0.25) is 0 Å². The zero-order valence-corrected chi connectivity index (χ0v) is 31.4. The van der Waals surface area contributed by atoms with Crippen LogP contribution in [0, 0.1) is 24.0 Å². The van der Waals surface area contributed by atoms with E-state index in [0.717, 1.165) is 57.3 Å². The molecule has 3 aromatic heterocycles. The summed E-state index contributed by atoms with van der Waals surface area (Å²) >= 11 is -1.86. The summed E-state index contributed by atoms with van der Waals surface area (Å²) in [5.74, 6) is 8.61. The van der Waals surface area contributed by atoms with Crippen molar-refractivity contribution in [3.63, 3.8) is 0 Å². The number of hydrogen-bond donors (Lipinski definition) is 0. The Morgan fingerprint density at radius 2 is 1.50 bits per heavy atom. The molecule has 0 saturated carbocycles. The van der Waals surface area contributed by atoms with Crippen LogP contribution in [-0.4, -0.2) is 23.2 Å². The van der Waals surface area contributed by atoms with Gasteiger partial charge >= 0.3 is 126 Å². The molecule has 0 fully saturated rings. The van der Waals surface area contributed by atoms with Gasteiger partial charge in [-0.25, -0.2) is 0 Å².